The van der Waals surface area contributed by atoms with Crippen molar-refractivity contribution in [1.82, 2.24) is 9.80 Å². The van der Waals surface area contributed by atoms with Crippen LogP contribution in [-0.2, 0) is 22.0 Å². The fourth-order valence-corrected chi connectivity index (χ4v) is 11.3. The Balaban J connectivity index is 1.14. The quantitative estimate of drug-likeness (QED) is 0.212. The standard InChI is InChI=1S/C38H53F5N2O5S/c1-36-15-11-28-29-24-31(49-2)32(50-35(47)45-18-12-27(13-19-45)44-16-4-3-5-17-44)23-26(29)22-25(34(28)30(36)9-10-33(36)46)8-6-20-51(48)21-7-14-37(39,40)38(41,42)43/h23-25,27-28,30,34H,3-22H2,1-2H3/t25-,28-,30+,34-,36+,51?/m1/s1. The maximum absolute atomic E-state index is 13.4. The largest absolute Gasteiger partial charge is 0.493 e. The summed E-state index contributed by atoms with van der Waals surface area (Å²) in [5.41, 5.74) is 1.84. The first kappa shape index (κ1) is 38.4. The lowest BCUT2D eigenvalue weighted by Gasteiger charge is -2.52. The van der Waals surface area contributed by atoms with Gasteiger partial charge in [-0.25, -0.2) is 4.79 Å². The SMILES string of the molecule is COc1cc2c(cc1OC(=O)N1CCC(N3CCCCC3)CC1)C[C@@H](CCCS(=O)CCCC(F)(F)C(F)(F)F)[C@@H]1[C@@H]2CC[C@]2(C)C(=O)CC[C@@H]12. The van der Waals surface area contributed by atoms with E-state index in [1.165, 1.54) is 19.3 Å². The Kier molecular flexibility index (Phi) is 11.8. The third-order valence-corrected chi connectivity index (χ3v) is 14.4. The molecule has 2 saturated carbocycles. The summed E-state index contributed by atoms with van der Waals surface area (Å²) in [7, 11) is 0.0561. The van der Waals surface area contributed by atoms with Gasteiger partial charge in [0.05, 0.1) is 7.11 Å². The molecule has 2 aliphatic heterocycles. The Morgan fingerprint density at radius 3 is 2.35 bits per heavy atom. The van der Waals surface area contributed by atoms with E-state index in [1.54, 1.807) is 12.0 Å². The van der Waals surface area contributed by atoms with Crippen LogP contribution in [0.25, 0.3) is 0 Å². The first-order valence-electron chi connectivity index (χ1n) is 19.0. The van der Waals surface area contributed by atoms with E-state index < -0.39 is 35.7 Å². The van der Waals surface area contributed by atoms with Crippen LogP contribution in [0.5, 0.6) is 11.5 Å². The van der Waals surface area contributed by atoms with Crippen LogP contribution in [0.4, 0.5) is 26.7 Å². The monoisotopic (exact) mass is 744 g/mol. The van der Waals surface area contributed by atoms with E-state index in [0.717, 1.165) is 56.3 Å². The minimum absolute atomic E-state index is 0.148. The molecule has 3 aliphatic carbocycles. The summed E-state index contributed by atoms with van der Waals surface area (Å²) < 4.78 is 88.9. The van der Waals surface area contributed by atoms with Crippen molar-refractivity contribution in [2.24, 2.45) is 23.2 Å². The number of hydrogen-bond donors (Lipinski definition) is 0. The van der Waals surface area contributed by atoms with E-state index in [4.69, 9.17) is 9.47 Å². The predicted octanol–water partition coefficient (Wildman–Crippen LogP) is 8.30. The zero-order valence-corrected chi connectivity index (χ0v) is 30.7. The predicted molar refractivity (Wildman–Crippen MR) is 185 cm³/mol. The molecule has 0 N–H and O–H groups in total. The van der Waals surface area contributed by atoms with Crippen molar-refractivity contribution in [2.75, 3.05) is 44.8 Å². The Morgan fingerprint density at radius 1 is 0.961 bits per heavy atom. The van der Waals surface area contributed by atoms with Gasteiger partial charge >= 0.3 is 18.2 Å². The average Bonchev–Trinajstić information content (AvgIpc) is 3.41. The minimum atomic E-state index is -5.61. The smallest absolute Gasteiger partial charge is 0.453 e. The average molecular weight is 745 g/mol. The Bertz CT molecular complexity index is 1440. The summed E-state index contributed by atoms with van der Waals surface area (Å²) in [5, 5.41) is 0. The van der Waals surface area contributed by atoms with Crippen LogP contribution >= 0.6 is 0 Å². The summed E-state index contributed by atoms with van der Waals surface area (Å²) in [4.78, 5) is 30.9. The van der Waals surface area contributed by atoms with Crippen LogP contribution in [0.15, 0.2) is 12.1 Å². The molecular weight excluding hydrogens is 691 g/mol. The van der Waals surface area contributed by atoms with E-state index in [9.17, 15) is 35.8 Å². The normalized spacial score (nSPS) is 29.6. The van der Waals surface area contributed by atoms with E-state index in [2.05, 4.69) is 11.8 Å². The van der Waals surface area contributed by atoms with E-state index in [1.807, 2.05) is 12.1 Å². The summed E-state index contributed by atoms with van der Waals surface area (Å²) in [6.07, 6.45) is 2.70. The number of benzene rings is 1. The van der Waals surface area contributed by atoms with Crippen LogP contribution < -0.4 is 9.47 Å². The Morgan fingerprint density at radius 2 is 1.67 bits per heavy atom. The third kappa shape index (κ3) is 8.14. The van der Waals surface area contributed by atoms with E-state index in [0.29, 0.717) is 62.1 Å². The van der Waals surface area contributed by atoms with Crippen molar-refractivity contribution in [1.29, 1.82) is 0 Å². The number of carbonyl (C=O) groups is 2. The molecule has 1 aromatic carbocycles. The molecule has 5 aliphatic rings. The highest BCUT2D eigenvalue weighted by molar-refractivity contribution is 7.84. The molecule has 0 aromatic heterocycles. The summed E-state index contributed by atoms with van der Waals surface area (Å²) >= 11 is 0. The molecule has 1 unspecified atom stereocenters. The molecule has 1 amide bonds. The molecule has 6 rings (SSSR count). The number of rotatable bonds is 11. The van der Waals surface area contributed by atoms with Crippen LogP contribution in [0.3, 0.4) is 0 Å². The minimum Gasteiger partial charge on any atom is -0.493 e. The molecule has 0 spiro atoms. The van der Waals surface area contributed by atoms with Crippen molar-refractivity contribution < 1.29 is 45.2 Å². The zero-order valence-electron chi connectivity index (χ0n) is 29.9. The number of piperidine rings is 2. The Labute approximate surface area is 300 Å². The number of carbonyl (C=O) groups excluding carboxylic acids is 2. The van der Waals surface area contributed by atoms with Crippen LogP contribution in [0.1, 0.15) is 107 Å². The summed E-state index contributed by atoms with van der Waals surface area (Å²) in [5.74, 6) is -2.84. The van der Waals surface area contributed by atoms with Crippen LogP contribution in [0, 0.1) is 23.2 Å². The van der Waals surface area contributed by atoms with Crippen molar-refractivity contribution in [2.45, 2.75) is 121 Å². The van der Waals surface area contributed by atoms with Gasteiger partial charge in [-0.1, -0.05) is 13.3 Å². The number of nitrogens with zero attached hydrogens (tertiary/aromatic N) is 2. The molecule has 0 bridgehead atoms. The molecule has 286 valence electrons. The number of ether oxygens (including phenoxy) is 2. The number of methoxy groups -OCH3 is 1. The van der Waals surface area contributed by atoms with E-state index in [-0.39, 0.29) is 46.7 Å². The molecule has 0 radical (unpaired) electrons. The lowest BCUT2D eigenvalue weighted by molar-refractivity contribution is -0.284. The number of fused-ring (bicyclic) bond motifs is 5. The maximum Gasteiger partial charge on any atom is 0.453 e. The molecular formula is C38H53F5N2O5S. The van der Waals surface area contributed by atoms with Gasteiger partial charge in [0.25, 0.3) is 0 Å². The van der Waals surface area contributed by atoms with Gasteiger partial charge in [0.15, 0.2) is 11.5 Å². The maximum atomic E-state index is 13.4. The lowest BCUT2D eigenvalue weighted by Crippen LogP contribution is -2.48. The number of likely N-dealkylation sites (tertiary alicyclic amines) is 2. The molecule has 2 heterocycles. The van der Waals surface area contributed by atoms with E-state index >= 15 is 0 Å². The first-order valence-corrected chi connectivity index (χ1v) is 20.4. The lowest BCUT2D eigenvalue weighted by atomic mass is 9.52. The molecule has 51 heavy (non-hydrogen) atoms. The van der Waals surface area contributed by atoms with Crippen molar-refractivity contribution in [3.8, 4) is 11.5 Å². The van der Waals surface area contributed by atoms with Gasteiger partial charge in [-0.3, -0.25) is 9.00 Å². The molecule has 13 heteroatoms. The van der Waals surface area contributed by atoms with Gasteiger partial charge in [0, 0.05) is 59.7 Å². The van der Waals surface area contributed by atoms with Gasteiger partial charge in [0.2, 0.25) is 0 Å². The zero-order chi connectivity index (χ0) is 36.6. The number of alkyl halides is 5. The summed E-state index contributed by atoms with van der Waals surface area (Å²) in [6.45, 7) is 5.64. The van der Waals surface area contributed by atoms with Crippen molar-refractivity contribution in [3.63, 3.8) is 0 Å². The molecule has 6 atom stereocenters. The second-order valence-corrected chi connectivity index (χ2v) is 17.5. The highest BCUT2D eigenvalue weighted by Gasteiger charge is 2.57. The molecule has 7 nitrogen and oxygen atoms in total. The van der Waals surface area contributed by atoms with Crippen LogP contribution in [-0.4, -0.2) is 88.8 Å². The number of ketones is 1. The number of hydrogen-bond acceptors (Lipinski definition) is 6. The van der Waals surface area contributed by atoms with Gasteiger partial charge in [-0.15, -0.1) is 0 Å². The molecule has 2 saturated heterocycles. The fraction of sp³-hybridized carbons (Fsp3) is 0.789. The van der Waals surface area contributed by atoms with Gasteiger partial charge in [-0.05, 0) is 131 Å². The number of Topliss-reactive ketones (excluding diaryl/α,β-unsaturated/α-hetero) is 1. The van der Waals surface area contributed by atoms with Gasteiger partial charge < -0.3 is 19.3 Å². The fourth-order valence-electron chi connectivity index (χ4n) is 10.1. The van der Waals surface area contributed by atoms with Gasteiger partial charge in [-0.2, -0.15) is 22.0 Å². The number of halogens is 5. The third-order valence-electron chi connectivity index (χ3n) is 12.9. The highest BCUT2D eigenvalue weighted by Crippen LogP contribution is 2.62. The van der Waals surface area contributed by atoms with Crippen molar-refractivity contribution >= 4 is 22.7 Å². The Hall–Kier alpha value is -2.28. The highest BCUT2D eigenvalue weighted by atomic mass is 32.2. The second-order valence-electron chi connectivity index (χ2n) is 15.9. The van der Waals surface area contributed by atoms with Gasteiger partial charge in [0.1, 0.15) is 5.78 Å². The molecule has 1 aromatic rings. The van der Waals surface area contributed by atoms with Crippen molar-refractivity contribution in [3.05, 3.63) is 23.3 Å². The van der Waals surface area contributed by atoms with Crippen LogP contribution in [0.2, 0.25) is 0 Å². The summed E-state index contributed by atoms with van der Waals surface area (Å²) in [6, 6.07) is 4.45. The topological polar surface area (TPSA) is 76.2 Å². The number of amides is 1. The second kappa shape index (κ2) is 15.6. The molecule has 4 fully saturated rings. The first-order chi connectivity index (χ1) is 24.2.